The van der Waals surface area contributed by atoms with Crippen molar-refractivity contribution in [3.05, 3.63) is 69.2 Å². The third-order valence-electron chi connectivity index (χ3n) is 3.25. The fourth-order valence-corrected chi connectivity index (χ4v) is 2.64. The molecule has 2 aromatic carbocycles. The van der Waals surface area contributed by atoms with E-state index in [1.165, 1.54) is 22.3 Å². The predicted molar refractivity (Wildman–Crippen MR) is 80.7 cm³/mol. The molecule has 94 valence electrons. The minimum Gasteiger partial charge on any atom is -0.324 e. The fraction of sp³-hybridized carbons (Fsp3) is 0.250. The molecule has 0 spiro atoms. The van der Waals surface area contributed by atoms with Gasteiger partial charge >= 0.3 is 0 Å². The lowest BCUT2D eigenvalue weighted by atomic mass is 9.95. The standard InChI is InChI=1S/C16H18BrN/c1-11-9-15(17)12(2)8-14(11)16(18)10-13-6-4-3-5-7-13/h3-9,16H,10,18H2,1-2H3. The summed E-state index contributed by atoms with van der Waals surface area (Å²) in [6.45, 7) is 4.21. The summed E-state index contributed by atoms with van der Waals surface area (Å²) >= 11 is 3.56. The second-order valence-electron chi connectivity index (χ2n) is 4.75. The molecule has 2 aromatic rings. The smallest absolute Gasteiger partial charge is 0.0338 e. The maximum Gasteiger partial charge on any atom is 0.0338 e. The molecule has 1 unspecified atom stereocenters. The average molecular weight is 304 g/mol. The van der Waals surface area contributed by atoms with Crippen LogP contribution in [0.25, 0.3) is 0 Å². The highest BCUT2D eigenvalue weighted by Gasteiger charge is 2.11. The van der Waals surface area contributed by atoms with Crippen molar-refractivity contribution in [1.82, 2.24) is 0 Å². The number of hydrogen-bond donors (Lipinski definition) is 1. The van der Waals surface area contributed by atoms with Gasteiger partial charge in [0, 0.05) is 10.5 Å². The molecule has 2 heteroatoms. The van der Waals surface area contributed by atoms with Crippen molar-refractivity contribution in [2.45, 2.75) is 26.3 Å². The summed E-state index contributed by atoms with van der Waals surface area (Å²) in [7, 11) is 0. The summed E-state index contributed by atoms with van der Waals surface area (Å²) in [4.78, 5) is 0. The van der Waals surface area contributed by atoms with Gasteiger partial charge in [0.15, 0.2) is 0 Å². The van der Waals surface area contributed by atoms with Crippen molar-refractivity contribution in [2.75, 3.05) is 0 Å². The monoisotopic (exact) mass is 303 g/mol. The molecular formula is C16H18BrN. The van der Waals surface area contributed by atoms with E-state index < -0.39 is 0 Å². The van der Waals surface area contributed by atoms with Crippen LogP contribution in [-0.4, -0.2) is 0 Å². The van der Waals surface area contributed by atoms with Gasteiger partial charge in [0.2, 0.25) is 0 Å². The third-order valence-corrected chi connectivity index (χ3v) is 4.10. The van der Waals surface area contributed by atoms with Crippen molar-refractivity contribution in [3.8, 4) is 0 Å². The van der Waals surface area contributed by atoms with Crippen molar-refractivity contribution in [3.63, 3.8) is 0 Å². The first-order valence-corrected chi connectivity index (χ1v) is 6.93. The average Bonchev–Trinajstić information content (AvgIpc) is 2.35. The maximum absolute atomic E-state index is 6.33. The molecule has 0 aliphatic carbocycles. The van der Waals surface area contributed by atoms with Gasteiger partial charge < -0.3 is 5.73 Å². The Morgan fingerprint density at radius 2 is 1.72 bits per heavy atom. The number of rotatable bonds is 3. The van der Waals surface area contributed by atoms with Gasteiger partial charge in [0.25, 0.3) is 0 Å². The molecule has 1 atom stereocenters. The molecule has 0 bridgehead atoms. The highest BCUT2D eigenvalue weighted by molar-refractivity contribution is 9.10. The van der Waals surface area contributed by atoms with Gasteiger partial charge in [-0.25, -0.2) is 0 Å². The molecule has 0 saturated heterocycles. The number of benzene rings is 2. The Morgan fingerprint density at radius 3 is 2.39 bits per heavy atom. The molecule has 0 radical (unpaired) electrons. The number of hydrogen-bond acceptors (Lipinski definition) is 1. The van der Waals surface area contributed by atoms with Gasteiger partial charge in [-0.2, -0.15) is 0 Å². The molecule has 0 fully saturated rings. The van der Waals surface area contributed by atoms with Crippen LogP contribution >= 0.6 is 15.9 Å². The molecule has 0 aliphatic rings. The van der Waals surface area contributed by atoms with Crippen LogP contribution in [0.4, 0.5) is 0 Å². The second kappa shape index (κ2) is 5.68. The topological polar surface area (TPSA) is 26.0 Å². The predicted octanol–water partition coefficient (Wildman–Crippen LogP) is 4.31. The van der Waals surface area contributed by atoms with Crippen LogP contribution in [0.3, 0.4) is 0 Å². The Labute approximate surface area is 117 Å². The molecule has 0 aromatic heterocycles. The lowest BCUT2D eigenvalue weighted by Crippen LogP contribution is -2.15. The molecule has 0 aliphatic heterocycles. The van der Waals surface area contributed by atoms with Crippen LogP contribution in [-0.2, 0) is 6.42 Å². The van der Waals surface area contributed by atoms with E-state index in [9.17, 15) is 0 Å². The van der Waals surface area contributed by atoms with Crippen LogP contribution in [0.15, 0.2) is 46.9 Å². The van der Waals surface area contributed by atoms with Crippen LogP contribution < -0.4 is 5.73 Å². The molecular weight excluding hydrogens is 286 g/mol. The van der Waals surface area contributed by atoms with Crippen molar-refractivity contribution in [2.24, 2.45) is 5.73 Å². The van der Waals surface area contributed by atoms with Gasteiger partial charge in [0.1, 0.15) is 0 Å². The first-order chi connectivity index (χ1) is 8.58. The van der Waals surface area contributed by atoms with Crippen molar-refractivity contribution in [1.29, 1.82) is 0 Å². The summed E-state index contributed by atoms with van der Waals surface area (Å²) in [5, 5.41) is 0. The van der Waals surface area contributed by atoms with Gasteiger partial charge in [-0.3, -0.25) is 0 Å². The van der Waals surface area contributed by atoms with Crippen LogP contribution in [0.5, 0.6) is 0 Å². The Bertz CT molecular complexity index is 534. The largest absolute Gasteiger partial charge is 0.324 e. The summed E-state index contributed by atoms with van der Waals surface area (Å²) in [6, 6.07) is 14.8. The summed E-state index contributed by atoms with van der Waals surface area (Å²) in [6.07, 6.45) is 0.878. The first-order valence-electron chi connectivity index (χ1n) is 6.14. The summed E-state index contributed by atoms with van der Waals surface area (Å²) in [5.74, 6) is 0. The maximum atomic E-state index is 6.33. The Morgan fingerprint density at radius 1 is 1.06 bits per heavy atom. The Hall–Kier alpha value is -1.12. The summed E-state index contributed by atoms with van der Waals surface area (Å²) < 4.78 is 1.15. The van der Waals surface area contributed by atoms with E-state index in [0.29, 0.717) is 0 Å². The highest BCUT2D eigenvalue weighted by atomic mass is 79.9. The van der Waals surface area contributed by atoms with Crippen LogP contribution in [0.1, 0.15) is 28.3 Å². The van der Waals surface area contributed by atoms with Gasteiger partial charge in [-0.15, -0.1) is 0 Å². The van der Waals surface area contributed by atoms with E-state index in [1.54, 1.807) is 0 Å². The first kappa shape index (κ1) is 13.3. The third kappa shape index (κ3) is 3.01. The summed E-state index contributed by atoms with van der Waals surface area (Å²) in [5.41, 5.74) is 11.3. The zero-order chi connectivity index (χ0) is 13.1. The Balaban J connectivity index is 2.24. The number of nitrogens with two attached hydrogens (primary N) is 1. The lowest BCUT2D eigenvalue weighted by molar-refractivity contribution is 0.715. The molecule has 0 amide bonds. The Kier molecular flexibility index (Phi) is 4.20. The van der Waals surface area contributed by atoms with Crippen LogP contribution in [0, 0.1) is 13.8 Å². The fourth-order valence-electron chi connectivity index (χ4n) is 2.18. The van der Waals surface area contributed by atoms with E-state index >= 15 is 0 Å². The molecule has 0 heterocycles. The highest BCUT2D eigenvalue weighted by Crippen LogP contribution is 2.26. The van der Waals surface area contributed by atoms with E-state index in [0.717, 1.165) is 10.9 Å². The van der Waals surface area contributed by atoms with E-state index in [1.807, 2.05) is 6.07 Å². The van der Waals surface area contributed by atoms with Gasteiger partial charge in [-0.05, 0) is 48.6 Å². The number of halogens is 1. The zero-order valence-corrected chi connectivity index (χ0v) is 12.4. The zero-order valence-electron chi connectivity index (χ0n) is 10.8. The van der Waals surface area contributed by atoms with E-state index in [-0.39, 0.29) is 6.04 Å². The molecule has 0 saturated carbocycles. The minimum atomic E-state index is 0.0548. The van der Waals surface area contributed by atoms with Crippen LogP contribution in [0.2, 0.25) is 0 Å². The second-order valence-corrected chi connectivity index (χ2v) is 5.61. The normalized spacial score (nSPS) is 12.4. The molecule has 2 N–H and O–H groups in total. The quantitative estimate of drug-likeness (QED) is 0.898. The van der Waals surface area contributed by atoms with E-state index in [4.69, 9.17) is 5.73 Å². The minimum absolute atomic E-state index is 0.0548. The molecule has 18 heavy (non-hydrogen) atoms. The van der Waals surface area contributed by atoms with Crippen molar-refractivity contribution >= 4 is 15.9 Å². The molecule has 2 rings (SSSR count). The lowest BCUT2D eigenvalue weighted by Gasteiger charge is -2.16. The van der Waals surface area contributed by atoms with Gasteiger partial charge in [-0.1, -0.05) is 52.3 Å². The van der Waals surface area contributed by atoms with Crippen molar-refractivity contribution < 1.29 is 0 Å². The van der Waals surface area contributed by atoms with Gasteiger partial charge in [0.05, 0.1) is 0 Å². The SMILES string of the molecule is Cc1cc(C(N)Cc2ccccc2)c(C)cc1Br. The number of aryl methyl sites for hydroxylation is 2. The molecule has 1 nitrogen and oxygen atoms in total. The van der Waals surface area contributed by atoms with E-state index in [2.05, 4.69) is 66.2 Å².